The first-order chi connectivity index (χ1) is 14.0. The summed E-state index contributed by atoms with van der Waals surface area (Å²) in [6, 6.07) is 9.46. The van der Waals surface area contributed by atoms with Crippen molar-refractivity contribution in [2.45, 2.75) is 6.10 Å². The Morgan fingerprint density at radius 1 is 1.10 bits per heavy atom. The highest BCUT2D eigenvalue weighted by molar-refractivity contribution is 6.35. The normalized spacial score (nSPS) is 19.0. The fraction of sp³-hybridized carbons (Fsp3) is 0.368. The summed E-state index contributed by atoms with van der Waals surface area (Å²) in [5.41, 5.74) is 1.40. The number of rotatable bonds is 3. The third-order valence-corrected chi connectivity index (χ3v) is 5.05. The SMILES string of the molecule is O=C1NCC(CNC(=O)C(=O)N2CCN(C(=O)c3cc4ccccc4[nH]3)CC2)O1. The standard InChI is InChI=1S/C19H21N5O5/c25-16(20-10-13-11-21-19(28)29-13)18(27)24-7-5-23(6-8-24)17(26)15-9-12-3-1-2-4-14(12)22-15/h1-4,9,13,22H,5-8,10-11H2,(H,20,25)(H,21,28). The Morgan fingerprint density at radius 2 is 1.83 bits per heavy atom. The van der Waals surface area contributed by atoms with E-state index in [0.29, 0.717) is 25.3 Å². The molecule has 2 aliphatic heterocycles. The number of cyclic esters (lactones) is 1. The van der Waals surface area contributed by atoms with Crippen LogP contribution in [0.5, 0.6) is 0 Å². The zero-order valence-corrected chi connectivity index (χ0v) is 15.6. The van der Waals surface area contributed by atoms with Crippen LogP contribution in [0.2, 0.25) is 0 Å². The van der Waals surface area contributed by atoms with Crippen molar-refractivity contribution in [2.75, 3.05) is 39.3 Å². The number of carbonyl (C=O) groups excluding carboxylic acids is 4. The number of aromatic nitrogens is 1. The van der Waals surface area contributed by atoms with Gasteiger partial charge in [-0.2, -0.15) is 0 Å². The van der Waals surface area contributed by atoms with Crippen molar-refractivity contribution < 1.29 is 23.9 Å². The van der Waals surface area contributed by atoms with E-state index in [2.05, 4.69) is 15.6 Å². The fourth-order valence-electron chi connectivity index (χ4n) is 3.44. The lowest BCUT2D eigenvalue weighted by atomic mass is 10.2. The van der Waals surface area contributed by atoms with E-state index in [9.17, 15) is 19.2 Å². The number of aromatic amines is 1. The van der Waals surface area contributed by atoms with Gasteiger partial charge in [-0.05, 0) is 12.1 Å². The van der Waals surface area contributed by atoms with E-state index in [0.717, 1.165) is 10.9 Å². The number of benzene rings is 1. The fourth-order valence-corrected chi connectivity index (χ4v) is 3.44. The van der Waals surface area contributed by atoms with Crippen LogP contribution in [0.1, 0.15) is 10.5 Å². The number of para-hydroxylation sites is 1. The van der Waals surface area contributed by atoms with Crippen LogP contribution in [0.15, 0.2) is 30.3 Å². The van der Waals surface area contributed by atoms with Gasteiger partial charge in [0.2, 0.25) is 0 Å². The number of amides is 4. The number of piperazine rings is 1. The zero-order chi connectivity index (χ0) is 20.4. The Labute approximate surface area is 166 Å². The molecule has 0 spiro atoms. The van der Waals surface area contributed by atoms with Crippen LogP contribution in [0.4, 0.5) is 4.79 Å². The number of hydrogen-bond acceptors (Lipinski definition) is 5. The molecule has 2 aliphatic rings. The average molecular weight is 399 g/mol. The van der Waals surface area contributed by atoms with Crippen LogP contribution < -0.4 is 10.6 Å². The molecule has 2 fully saturated rings. The number of H-pyrrole nitrogens is 1. The molecule has 4 amide bonds. The van der Waals surface area contributed by atoms with Crippen molar-refractivity contribution in [2.24, 2.45) is 0 Å². The van der Waals surface area contributed by atoms with Gasteiger partial charge in [0.1, 0.15) is 11.8 Å². The molecule has 2 saturated heterocycles. The van der Waals surface area contributed by atoms with Gasteiger partial charge in [-0.1, -0.05) is 18.2 Å². The van der Waals surface area contributed by atoms with E-state index in [4.69, 9.17) is 4.74 Å². The molecule has 152 valence electrons. The van der Waals surface area contributed by atoms with Crippen molar-refractivity contribution in [1.82, 2.24) is 25.4 Å². The molecule has 2 aromatic rings. The molecular weight excluding hydrogens is 378 g/mol. The first-order valence-electron chi connectivity index (χ1n) is 9.40. The number of nitrogens with one attached hydrogen (secondary N) is 3. The Balaban J connectivity index is 1.28. The molecule has 4 rings (SSSR count). The monoisotopic (exact) mass is 399 g/mol. The highest BCUT2D eigenvalue weighted by Crippen LogP contribution is 2.17. The molecule has 0 aliphatic carbocycles. The number of ether oxygens (including phenoxy) is 1. The van der Waals surface area contributed by atoms with Crippen molar-refractivity contribution in [1.29, 1.82) is 0 Å². The van der Waals surface area contributed by atoms with Crippen molar-refractivity contribution in [3.05, 3.63) is 36.0 Å². The summed E-state index contributed by atoms with van der Waals surface area (Å²) in [5, 5.41) is 5.92. The maximum atomic E-state index is 12.7. The Hall–Kier alpha value is -3.56. The van der Waals surface area contributed by atoms with Crippen molar-refractivity contribution in [3.63, 3.8) is 0 Å². The lowest BCUT2D eigenvalue weighted by molar-refractivity contribution is -0.146. The van der Waals surface area contributed by atoms with E-state index in [-0.39, 0.29) is 25.5 Å². The summed E-state index contributed by atoms with van der Waals surface area (Å²) < 4.78 is 4.90. The molecule has 3 N–H and O–H groups in total. The van der Waals surface area contributed by atoms with Gasteiger partial charge in [0, 0.05) is 37.1 Å². The summed E-state index contributed by atoms with van der Waals surface area (Å²) in [6.45, 7) is 1.61. The second-order valence-electron chi connectivity index (χ2n) is 6.97. The minimum absolute atomic E-state index is 0.0716. The Bertz CT molecular complexity index is 930. The average Bonchev–Trinajstić information content (AvgIpc) is 3.37. The molecule has 1 unspecified atom stereocenters. The molecule has 1 atom stereocenters. The molecule has 1 aromatic heterocycles. The Kier molecular flexibility index (Phi) is 5.07. The quantitative estimate of drug-likeness (QED) is 0.610. The molecule has 10 heteroatoms. The maximum Gasteiger partial charge on any atom is 0.407 e. The van der Waals surface area contributed by atoms with Gasteiger partial charge in [0.05, 0.1) is 13.1 Å². The molecule has 10 nitrogen and oxygen atoms in total. The molecular formula is C19H21N5O5. The number of hydrogen-bond donors (Lipinski definition) is 3. The van der Waals surface area contributed by atoms with Gasteiger partial charge < -0.3 is 30.2 Å². The van der Waals surface area contributed by atoms with E-state index in [1.807, 2.05) is 30.3 Å². The minimum Gasteiger partial charge on any atom is -0.442 e. The van der Waals surface area contributed by atoms with Crippen LogP contribution in [-0.2, 0) is 14.3 Å². The lowest BCUT2D eigenvalue weighted by Gasteiger charge is -2.34. The van der Waals surface area contributed by atoms with E-state index in [1.165, 1.54) is 4.90 Å². The van der Waals surface area contributed by atoms with Crippen LogP contribution >= 0.6 is 0 Å². The molecule has 29 heavy (non-hydrogen) atoms. The molecule has 0 bridgehead atoms. The van der Waals surface area contributed by atoms with Gasteiger partial charge in [-0.3, -0.25) is 14.4 Å². The number of nitrogens with zero attached hydrogens (tertiary/aromatic N) is 2. The zero-order valence-electron chi connectivity index (χ0n) is 15.6. The van der Waals surface area contributed by atoms with E-state index in [1.54, 1.807) is 4.90 Å². The second-order valence-corrected chi connectivity index (χ2v) is 6.97. The van der Waals surface area contributed by atoms with E-state index < -0.39 is 24.0 Å². The van der Waals surface area contributed by atoms with Crippen LogP contribution in [-0.4, -0.2) is 84.0 Å². The minimum atomic E-state index is -0.747. The third-order valence-electron chi connectivity index (χ3n) is 5.05. The predicted molar refractivity (Wildman–Crippen MR) is 102 cm³/mol. The van der Waals surface area contributed by atoms with Crippen molar-refractivity contribution >= 4 is 34.7 Å². The largest absolute Gasteiger partial charge is 0.442 e. The van der Waals surface area contributed by atoms with Gasteiger partial charge >= 0.3 is 17.9 Å². The number of fused-ring (bicyclic) bond motifs is 1. The highest BCUT2D eigenvalue weighted by atomic mass is 16.6. The number of carbonyl (C=O) groups is 4. The first kappa shape index (κ1) is 18.8. The molecule has 3 heterocycles. The molecule has 1 aromatic carbocycles. The van der Waals surface area contributed by atoms with Crippen molar-refractivity contribution in [3.8, 4) is 0 Å². The van der Waals surface area contributed by atoms with Gasteiger partial charge in [0.15, 0.2) is 0 Å². The van der Waals surface area contributed by atoms with Crippen LogP contribution in [0, 0.1) is 0 Å². The van der Waals surface area contributed by atoms with Gasteiger partial charge in [-0.25, -0.2) is 4.79 Å². The summed E-state index contributed by atoms with van der Waals surface area (Å²) in [6.07, 6.45) is -1.02. The lowest BCUT2D eigenvalue weighted by Crippen LogP contribution is -2.54. The Morgan fingerprint density at radius 3 is 2.52 bits per heavy atom. The van der Waals surface area contributed by atoms with E-state index >= 15 is 0 Å². The smallest absolute Gasteiger partial charge is 0.407 e. The summed E-state index contributed by atoms with van der Waals surface area (Å²) in [5.74, 6) is -1.53. The topological polar surface area (TPSA) is 124 Å². The van der Waals surface area contributed by atoms with Crippen LogP contribution in [0.3, 0.4) is 0 Å². The summed E-state index contributed by atoms with van der Waals surface area (Å²) in [7, 11) is 0. The summed E-state index contributed by atoms with van der Waals surface area (Å²) in [4.78, 5) is 54.3. The first-order valence-corrected chi connectivity index (χ1v) is 9.40. The molecule has 0 radical (unpaired) electrons. The summed E-state index contributed by atoms with van der Waals surface area (Å²) >= 11 is 0. The second kappa shape index (κ2) is 7.82. The maximum absolute atomic E-state index is 12.7. The van der Waals surface area contributed by atoms with Crippen LogP contribution in [0.25, 0.3) is 10.9 Å². The number of alkyl carbamates (subject to hydrolysis) is 1. The third kappa shape index (κ3) is 4.00. The predicted octanol–water partition coefficient (Wildman–Crippen LogP) is -0.323. The van der Waals surface area contributed by atoms with Gasteiger partial charge in [0.25, 0.3) is 5.91 Å². The van der Waals surface area contributed by atoms with Gasteiger partial charge in [-0.15, -0.1) is 0 Å². The highest BCUT2D eigenvalue weighted by Gasteiger charge is 2.30. The molecule has 0 saturated carbocycles.